The van der Waals surface area contributed by atoms with Gasteiger partial charge in [0.1, 0.15) is 11.5 Å². The highest BCUT2D eigenvalue weighted by Crippen LogP contribution is 2.65. The predicted molar refractivity (Wildman–Crippen MR) is 160 cm³/mol. The van der Waals surface area contributed by atoms with Crippen LogP contribution in [0, 0.1) is 24.7 Å². The fourth-order valence-corrected chi connectivity index (χ4v) is 9.25. The van der Waals surface area contributed by atoms with E-state index in [1.165, 1.54) is 44.7 Å². The molecule has 0 saturated heterocycles. The van der Waals surface area contributed by atoms with Crippen LogP contribution >= 0.6 is 11.8 Å². The van der Waals surface area contributed by atoms with Gasteiger partial charge in [0.05, 0.1) is 12.0 Å². The van der Waals surface area contributed by atoms with Crippen LogP contribution in [0.4, 0.5) is 0 Å². The van der Waals surface area contributed by atoms with Crippen molar-refractivity contribution in [2.75, 3.05) is 7.11 Å². The second-order valence-corrected chi connectivity index (χ2v) is 14.2. The van der Waals surface area contributed by atoms with Gasteiger partial charge in [-0.2, -0.15) is 0 Å². The molecular weight excluding hydrogens is 484 g/mol. The molecule has 2 nitrogen and oxygen atoms in total. The van der Waals surface area contributed by atoms with Crippen molar-refractivity contribution >= 4 is 22.5 Å². The summed E-state index contributed by atoms with van der Waals surface area (Å²) in [6, 6.07) is 21.7. The maximum absolute atomic E-state index is 11.6. The lowest BCUT2D eigenvalue weighted by Crippen LogP contribution is -2.43. The molecule has 1 saturated carbocycles. The number of aryl methyl sites for hydroxylation is 2. The minimum atomic E-state index is -0.109. The number of rotatable bonds is 3. The third kappa shape index (κ3) is 3.85. The molecule has 0 aliphatic heterocycles. The zero-order chi connectivity index (χ0) is 27.0. The standard InChI is InChI=1S/C35H38O2S/c1-21-11-10-12-22(2)32(21)38-30-16-24-25(15-29(30)37-7)31-23-13-8-9-14-26(23)35(27(31)17-28(24)36)19-33(3,4)18-34(5,6)20-35/h8-17,36H,18-20H2,1-7H3. The molecule has 1 N–H and O–H groups in total. The van der Waals surface area contributed by atoms with E-state index in [1.807, 2.05) is 0 Å². The van der Waals surface area contributed by atoms with Crippen molar-refractivity contribution in [3.8, 4) is 22.6 Å². The van der Waals surface area contributed by atoms with Gasteiger partial charge in [0, 0.05) is 15.7 Å². The van der Waals surface area contributed by atoms with Crippen molar-refractivity contribution < 1.29 is 9.84 Å². The maximum Gasteiger partial charge on any atom is 0.133 e. The Balaban J connectivity index is 1.62. The SMILES string of the molecule is COc1cc2c3c(cc(O)c2cc1Sc1c(C)cccc1C)C1(CC(C)(C)CC(C)(C)C1)c1ccccc1-3. The molecule has 2 aliphatic rings. The third-order valence-electron chi connectivity index (χ3n) is 8.77. The summed E-state index contributed by atoms with van der Waals surface area (Å²) in [4.78, 5) is 2.26. The Kier molecular flexibility index (Phi) is 5.71. The molecule has 6 rings (SSSR count). The molecule has 4 aromatic carbocycles. The summed E-state index contributed by atoms with van der Waals surface area (Å²) in [6.45, 7) is 14.0. The van der Waals surface area contributed by atoms with Crippen LogP contribution < -0.4 is 4.74 Å². The lowest BCUT2D eigenvalue weighted by molar-refractivity contribution is 0.0645. The summed E-state index contributed by atoms with van der Waals surface area (Å²) < 4.78 is 5.99. The molecule has 0 unspecified atom stereocenters. The van der Waals surface area contributed by atoms with E-state index in [9.17, 15) is 5.11 Å². The summed E-state index contributed by atoms with van der Waals surface area (Å²) in [6.07, 6.45) is 3.36. The van der Waals surface area contributed by atoms with E-state index in [1.54, 1.807) is 18.9 Å². The van der Waals surface area contributed by atoms with Gasteiger partial charge in [-0.15, -0.1) is 0 Å². The molecule has 0 radical (unpaired) electrons. The van der Waals surface area contributed by atoms with Crippen LogP contribution in [0.5, 0.6) is 11.5 Å². The number of phenolic OH excluding ortho intramolecular Hbond substituents is 1. The Bertz CT molecular complexity index is 1560. The molecule has 196 valence electrons. The van der Waals surface area contributed by atoms with Gasteiger partial charge in [-0.3, -0.25) is 0 Å². The second-order valence-electron chi connectivity index (χ2n) is 13.2. The molecule has 0 heterocycles. The van der Waals surface area contributed by atoms with E-state index in [-0.39, 0.29) is 16.2 Å². The van der Waals surface area contributed by atoms with Gasteiger partial charge in [-0.05, 0) is 101 Å². The molecule has 0 amide bonds. The summed E-state index contributed by atoms with van der Waals surface area (Å²) >= 11 is 1.72. The molecule has 3 heteroatoms. The van der Waals surface area contributed by atoms with E-state index < -0.39 is 0 Å². The van der Waals surface area contributed by atoms with Gasteiger partial charge in [0.25, 0.3) is 0 Å². The lowest BCUT2D eigenvalue weighted by Gasteiger charge is -2.51. The summed E-state index contributed by atoms with van der Waals surface area (Å²) in [5.74, 6) is 1.21. The number of aromatic hydroxyl groups is 1. The maximum atomic E-state index is 11.6. The van der Waals surface area contributed by atoms with Gasteiger partial charge >= 0.3 is 0 Å². The first-order valence-electron chi connectivity index (χ1n) is 13.7. The Hall–Kier alpha value is -2.91. The second kappa shape index (κ2) is 8.55. The quantitative estimate of drug-likeness (QED) is 0.290. The number of benzene rings is 4. The number of ether oxygens (including phenoxy) is 1. The highest BCUT2D eigenvalue weighted by molar-refractivity contribution is 7.99. The molecule has 0 aromatic heterocycles. The number of methoxy groups -OCH3 is 1. The largest absolute Gasteiger partial charge is 0.507 e. The zero-order valence-corrected chi connectivity index (χ0v) is 24.5. The highest BCUT2D eigenvalue weighted by Gasteiger charge is 2.53. The molecule has 2 aliphatic carbocycles. The molecule has 1 spiro atoms. The minimum absolute atomic E-state index is 0.109. The smallest absolute Gasteiger partial charge is 0.133 e. The van der Waals surface area contributed by atoms with Crippen LogP contribution in [-0.4, -0.2) is 12.2 Å². The number of hydrogen-bond donors (Lipinski definition) is 1. The van der Waals surface area contributed by atoms with E-state index in [2.05, 4.69) is 102 Å². The monoisotopic (exact) mass is 522 g/mol. The predicted octanol–water partition coefficient (Wildman–Crippen LogP) is 9.82. The average molecular weight is 523 g/mol. The van der Waals surface area contributed by atoms with Crippen molar-refractivity contribution in [3.05, 3.63) is 82.9 Å². The summed E-state index contributed by atoms with van der Waals surface area (Å²) in [5, 5.41) is 13.6. The van der Waals surface area contributed by atoms with Crippen LogP contribution in [-0.2, 0) is 5.41 Å². The molecule has 1 fully saturated rings. The topological polar surface area (TPSA) is 29.5 Å². The number of fused-ring (bicyclic) bond motifs is 7. The van der Waals surface area contributed by atoms with Gasteiger partial charge in [0.15, 0.2) is 0 Å². The van der Waals surface area contributed by atoms with E-state index >= 15 is 0 Å². The Morgan fingerprint density at radius 2 is 1.42 bits per heavy atom. The zero-order valence-electron chi connectivity index (χ0n) is 23.7. The Morgan fingerprint density at radius 1 is 0.763 bits per heavy atom. The first kappa shape index (κ1) is 25.4. The molecule has 4 aromatic rings. The lowest BCUT2D eigenvalue weighted by atomic mass is 9.52. The fourth-order valence-electron chi connectivity index (χ4n) is 8.15. The van der Waals surface area contributed by atoms with Crippen LogP contribution in [0.25, 0.3) is 21.9 Å². The molecule has 0 atom stereocenters. The fraction of sp³-hybridized carbons (Fsp3) is 0.371. The molecule has 38 heavy (non-hydrogen) atoms. The van der Waals surface area contributed by atoms with Crippen molar-refractivity contribution in [1.82, 2.24) is 0 Å². The Morgan fingerprint density at radius 3 is 2.08 bits per heavy atom. The summed E-state index contributed by atoms with van der Waals surface area (Å²) in [5.41, 5.74) is 8.04. The van der Waals surface area contributed by atoms with E-state index in [0.717, 1.165) is 34.3 Å². The van der Waals surface area contributed by atoms with E-state index in [0.29, 0.717) is 5.75 Å². The average Bonchev–Trinajstić information content (AvgIpc) is 3.07. The van der Waals surface area contributed by atoms with Gasteiger partial charge < -0.3 is 9.84 Å². The minimum Gasteiger partial charge on any atom is -0.507 e. The van der Waals surface area contributed by atoms with Crippen LogP contribution in [0.15, 0.2) is 70.5 Å². The first-order valence-corrected chi connectivity index (χ1v) is 14.5. The highest BCUT2D eigenvalue weighted by atomic mass is 32.2. The number of phenols is 1. The number of hydrogen-bond acceptors (Lipinski definition) is 3. The van der Waals surface area contributed by atoms with Crippen molar-refractivity contribution in [2.45, 2.75) is 76.0 Å². The van der Waals surface area contributed by atoms with Gasteiger partial charge in [-0.1, -0.05) is 81.9 Å². The third-order valence-corrected chi connectivity index (χ3v) is 10.2. The van der Waals surface area contributed by atoms with E-state index in [4.69, 9.17) is 4.74 Å². The van der Waals surface area contributed by atoms with Crippen molar-refractivity contribution in [2.24, 2.45) is 10.8 Å². The van der Waals surface area contributed by atoms with Gasteiger partial charge in [-0.25, -0.2) is 0 Å². The van der Waals surface area contributed by atoms with Crippen LogP contribution in [0.2, 0.25) is 0 Å². The first-order chi connectivity index (χ1) is 17.9. The molecule has 0 bridgehead atoms. The van der Waals surface area contributed by atoms with Crippen molar-refractivity contribution in [3.63, 3.8) is 0 Å². The van der Waals surface area contributed by atoms with Crippen LogP contribution in [0.3, 0.4) is 0 Å². The Labute approximate surface area is 231 Å². The summed E-state index contributed by atoms with van der Waals surface area (Å²) in [7, 11) is 1.75. The van der Waals surface area contributed by atoms with Crippen molar-refractivity contribution in [1.29, 1.82) is 0 Å². The normalized spacial score (nSPS) is 18.4. The van der Waals surface area contributed by atoms with Gasteiger partial charge in [0.2, 0.25) is 0 Å². The molecular formula is C35H38O2S. The van der Waals surface area contributed by atoms with Crippen LogP contribution in [0.1, 0.15) is 69.2 Å².